The Kier molecular flexibility index (Phi) is 5.77. The Bertz CT molecular complexity index is 295. The topological polar surface area (TPSA) is 21.3 Å². The summed E-state index contributed by atoms with van der Waals surface area (Å²) >= 11 is 8.71. The van der Waals surface area contributed by atoms with Gasteiger partial charge in [-0.15, -0.1) is 11.3 Å². The maximum absolute atomic E-state index is 5.61. The number of nitrogens with one attached hydrogen (secondary N) is 1. The lowest BCUT2D eigenvalue weighted by Crippen LogP contribution is -2.22. The lowest BCUT2D eigenvalue weighted by molar-refractivity contribution is 0.0632. The van der Waals surface area contributed by atoms with Crippen molar-refractivity contribution >= 4 is 43.2 Å². The molecule has 1 N–H and O–H groups in total. The predicted octanol–water partition coefficient (Wildman–Crippen LogP) is 3.96. The van der Waals surface area contributed by atoms with Crippen molar-refractivity contribution in [3.05, 3.63) is 19.2 Å². The Morgan fingerprint density at radius 1 is 1.47 bits per heavy atom. The average molecular weight is 357 g/mol. The summed E-state index contributed by atoms with van der Waals surface area (Å²) in [6.45, 7) is 4.80. The van der Waals surface area contributed by atoms with Crippen LogP contribution in [0.25, 0.3) is 0 Å². The molecule has 0 spiro atoms. The maximum Gasteiger partial charge on any atom is 0.0843 e. The van der Waals surface area contributed by atoms with E-state index in [4.69, 9.17) is 4.74 Å². The van der Waals surface area contributed by atoms with Crippen molar-refractivity contribution in [2.24, 2.45) is 0 Å². The van der Waals surface area contributed by atoms with Crippen molar-refractivity contribution in [3.8, 4) is 0 Å². The molecule has 1 unspecified atom stereocenters. The SMILES string of the molecule is CNC(COC(C)C)c1cc(Br)c(Br)s1. The van der Waals surface area contributed by atoms with Crippen LogP contribution in [0.4, 0.5) is 0 Å². The van der Waals surface area contributed by atoms with Crippen LogP contribution in [0.1, 0.15) is 24.8 Å². The zero-order chi connectivity index (χ0) is 11.4. The highest BCUT2D eigenvalue weighted by Gasteiger charge is 2.14. The molecule has 0 aliphatic heterocycles. The predicted molar refractivity (Wildman–Crippen MR) is 72.6 cm³/mol. The second kappa shape index (κ2) is 6.35. The van der Waals surface area contributed by atoms with E-state index in [1.807, 2.05) is 20.9 Å². The van der Waals surface area contributed by atoms with Crippen LogP contribution >= 0.6 is 43.2 Å². The molecule has 1 aromatic heterocycles. The van der Waals surface area contributed by atoms with Crippen LogP contribution in [0, 0.1) is 0 Å². The van der Waals surface area contributed by atoms with Gasteiger partial charge in [0.25, 0.3) is 0 Å². The van der Waals surface area contributed by atoms with Gasteiger partial charge in [0.1, 0.15) is 0 Å². The first-order chi connectivity index (χ1) is 7.04. The molecule has 2 nitrogen and oxygen atoms in total. The van der Waals surface area contributed by atoms with Crippen LogP contribution < -0.4 is 5.32 Å². The number of thiophene rings is 1. The van der Waals surface area contributed by atoms with Gasteiger partial charge in [0.05, 0.1) is 22.5 Å². The average Bonchev–Trinajstić information content (AvgIpc) is 2.47. The molecule has 5 heteroatoms. The van der Waals surface area contributed by atoms with Gasteiger partial charge in [0, 0.05) is 9.35 Å². The number of rotatable bonds is 5. The zero-order valence-corrected chi connectivity index (χ0v) is 13.0. The molecule has 0 fully saturated rings. The first-order valence-corrected chi connectivity index (χ1v) is 7.18. The summed E-state index contributed by atoms with van der Waals surface area (Å²) in [6, 6.07) is 2.39. The molecule has 0 saturated carbocycles. The number of hydrogen-bond acceptors (Lipinski definition) is 3. The smallest absolute Gasteiger partial charge is 0.0843 e. The van der Waals surface area contributed by atoms with Gasteiger partial charge in [0.2, 0.25) is 0 Å². The third-order valence-electron chi connectivity index (χ3n) is 1.95. The fourth-order valence-electron chi connectivity index (χ4n) is 1.13. The minimum atomic E-state index is 0.264. The van der Waals surface area contributed by atoms with Crippen LogP contribution in [0.2, 0.25) is 0 Å². The lowest BCUT2D eigenvalue weighted by atomic mass is 10.2. The van der Waals surface area contributed by atoms with Crippen molar-refractivity contribution in [1.29, 1.82) is 0 Å². The summed E-state index contributed by atoms with van der Waals surface area (Å²) in [6.07, 6.45) is 0.271. The van der Waals surface area contributed by atoms with Crippen LogP contribution in [0.5, 0.6) is 0 Å². The molecule has 1 aromatic rings. The molecule has 0 aromatic carbocycles. The van der Waals surface area contributed by atoms with Gasteiger partial charge < -0.3 is 10.1 Å². The molecule has 1 heterocycles. The Morgan fingerprint density at radius 2 is 2.13 bits per heavy atom. The molecule has 0 aliphatic rings. The zero-order valence-electron chi connectivity index (χ0n) is 9.01. The summed E-state index contributed by atoms with van der Waals surface area (Å²) in [4.78, 5) is 1.27. The molecule has 0 saturated heterocycles. The number of hydrogen-bond donors (Lipinski definition) is 1. The van der Waals surface area contributed by atoms with Crippen molar-refractivity contribution in [2.75, 3.05) is 13.7 Å². The quantitative estimate of drug-likeness (QED) is 0.862. The van der Waals surface area contributed by atoms with Crippen molar-refractivity contribution in [1.82, 2.24) is 5.32 Å². The monoisotopic (exact) mass is 355 g/mol. The lowest BCUT2D eigenvalue weighted by Gasteiger charge is -2.16. The summed E-state index contributed by atoms with van der Waals surface area (Å²) in [7, 11) is 1.95. The van der Waals surface area contributed by atoms with Crippen LogP contribution in [0.15, 0.2) is 14.3 Å². The number of halogens is 2. The van der Waals surface area contributed by atoms with Crippen LogP contribution in [0.3, 0.4) is 0 Å². The van der Waals surface area contributed by atoms with Gasteiger partial charge in [-0.2, -0.15) is 0 Å². The van der Waals surface area contributed by atoms with E-state index in [2.05, 4.69) is 43.2 Å². The molecule has 0 bridgehead atoms. The minimum Gasteiger partial charge on any atom is -0.377 e. The summed E-state index contributed by atoms with van der Waals surface area (Å²) in [5.74, 6) is 0. The molecule has 1 rings (SSSR count). The van der Waals surface area contributed by atoms with Crippen LogP contribution in [-0.2, 0) is 4.74 Å². The largest absolute Gasteiger partial charge is 0.377 e. The number of likely N-dealkylation sites (N-methyl/N-ethyl adjacent to an activating group) is 1. The Morgan fingerprint density at radius 3 is 2.53 bits per heavy atom. The summed E-state index contributed by atoms with van der Waals surface area (Å²) < 4.78 is 7.84. The van der Waals surface area contributed by atoms with E-state index < -0.39 is 0 Å². The molecule has 0 aliphatic carbocycles. The van der Waals surface area contributed by atoms with Gasteiger partial charge >= 0.3 is 0 Å². The van der Waals surface area contributed by atoms with Gasteiger partial charge in [0.15, 0.2) is 0 Å². The van der Waals surface area contributed by atoms with Crippen molar-refractivity contribution in [2.45, 2.75) is 26.0 Å². The Labute approximate surface area is 112 Å². The van der Waals surface area contributed by atoms with Crippen molar-refractivity contribution in [3.63, 3.8) is 0 Å². The first kappa shape index (κ1) is 13.6. The minimum absolute atomic E-state index is 0.264. The molecule has 1 atom stereocenters. The second-order valence-electron chi connectivity index (χ2n) is 3.49. The normalized spacial score (nSPS) is 13.5. The van der Waals surface area contributed by atoms with Gasteiger partial charge in [-0.05, 0) is 58.8 Å². The molecular weight excluding hydrogens is 342 g/mol. The molecule has 15 heavy (non-hydrogen) atoms. The van der Waals surface area contributed by atoms with E-state index in [1.54, 1.807) is 11.3 Å². The third-order valence-corrected chi connectivity index (χ3v) is 5.32. The highest BCUT2D eigenvalue weighted by Crippen LogP contribution is 2.35. The molecular formula is C10H15Br2NOS. The van der Waals surface area contributed by atoms with E-state index in [9.17, 15) is 0 Å². The maximum atomic E-state index is 5.61. The van der Waals surface area contributed by atoms with Gasteiger partial charge in [-0.3, -0.25) is 0 Å². The van der Waals surface area contributed by atoms with Gasteiger partial charge in [-0.1, -0.05) is 0 Å². The number of ether oxygens (including phenoxy) is 1. The van der Waals surface area contributed by atoms with E-state index in [0.29, 0.717) is 6.61 Å². The summed E-state index contributed by atoms with van der Waals surface area (Å²) in [5, 5.41) is 3.26. The molecule has 86 valence electrons. The van der Waals surface area contributed by atoms with E-state index in [-0.39, 0.29) is 12.1 Å². The fraction of sp³-hybridized carbons (Fsp3) is 0.600. The van der Waals surface area contributed by atoms with E-state index >= 15 is 0 Å². The van der Waals surface area contributed by atoms with Crippen LogP contribution in [-0.4, -0.2) is 19.8 Å². The first-order valence-electron chi connectivity index (χ1n) is 4.78. The third kappa shape index (κ3) is 4.15. The second-order valence-corrected chi connectivity index (χ2v) is 6.75. The highest BCUT2D eigenvalue weighted by atomic mass is 79.9. The Hall–Kier alpha value is 0.580. The Balaban J connectivity index is 2.65. The van der Waals surface area contributed by atoms with Crippen molar-refractivity contribution < 1.29 is 4.74 Å². The standard InChI is InChI=1S/C10H15Br2NOS/c1-6(2)14-5-8(13-3)9-4-7(11)10(12)15-9/h4,6,8,13H,5H2,1-3H3. The molecule has 0 amide bonds. The summed E-state index contributed by atoms with van der Waals surface area (Å²) in [5.41, 5.74) is 0. The van der Waals surface area contributed by atoms with Gasteiger partial charge in [-0.25, -0.2) is 0 Å². The van der Waals surface area contributed by atoms with E-state index in [0.717, 1.165) is 8.26 Å². The highest BCUT2D eigenvalue weighted by molar-refractivity contribution is 9.13. The fourth-order valence-corrected chi connectivity index (χ4v) is 3.32. The van der Waals surface area contributed by atoms with E-state index in [1.165, 1.54) is 4.88 Å². The molecule has 0 radical (unpaired) electrons.